The number of aromatic nitrogens is 3. The molecule has 0 fully saturated rings. The predicted octanol–water partition coefficient (Wildman–Crippen LogP) is 1.30. The summed E-state index contributed by atoms with van der Waals surface area (Å²) in [5, 5.41) is 7.55. The van der Waals surface area contributed by atoms with Gasteiger partial charge < -0.3 is 0 Å². The molecule has 0 aromatic carbocycles. The number of aryl methyl sites for hydroxylation is 1. The third-order valence-corrected chi connectivity index (χ3v) is 1.37. The highest BCUT2D eigenvalue weighted by Gasteiger charge is 2.03. The summed E-state index contributed by atoms with van der Waals surface area (Å²) in [5.41, 5.74) is 1.97. The Morgan fingerprint density at radius 3 is 2.50 bits per heavy atom. The molecule has 3 nitrogen and oxygen atoms in total. The van der Waals surface area contributed by atoms with Crippen molar-refractivity contribution in [3.8, 4) is 0 Å². The summed E-state index contributed by atoms with van der Waals surface area (Å²) in [6, 6.07) is 0. The first-order chi connectivity index (χ1) is 4.72. The summed E-state index contributed by atoms with van der Waals surface area (Å²) in [7, 11) is 0. The van der Waals surface area contributed by atoms with Gasteiger partial charge in [-0.05, 0) is 12.8 Å². The second-order valence-corrected chi connectivity index (χ2v) is 2.59. The molecule has 0 unspecified atom stereocenters. The van der Waals surface area contributed by atoms with Gasteiger partial charge in [0.25, 0.3) is 0 Å². The van der Waals surface area contributed by atoms with Crippen LogP contribution < -0.4 is 0 Å². The fourth-order valence-corrected chi connectivity index (χ4v) is 0.912. The van der Waals surface area contributed by atoms with Crippen molar-refractivity contribution in [2.45, 2.75) is 26.7 Å². The second-order valence-electron chi connectivity index (χ2n) is 2.59. The second kappa shape index (κ2) is 2.73. The van der Waals surface area contributed by atoms with E-state index in [1.807, 2.05) is 6.92 Å². The van der Waals surface area contributed by atoms with Crippen LogP contribution in [-0.2, 0) is 0 Å². The molecule has 1 heterocycles. The first kappa shape index (κ1) is 7.12. The Bertz CT molecular complexity index is 220. The van der Waals surface area contributed by atoms with Gasteiger partial charge in [0.2, 0.25) is 0 Å². The Hall–Kier alpha value is -0.990. The van der Waals surface area contributed by atoms with E-state index in [-0.39, 0.29) is 0 Å². The van der Waals surface area contributed by atoms with E-state index in [9.17, 15) is 0 Å². The molecule has 1 aromatic rings. The summed E-state index contributed by atoms with van der Waals surface area (Å²) in [4.78, 5) is 4.10. The molecular weight excluding hydrogens is 126 g/mol. The molecule has 0 amide bonds. The largest absolute Gasteiger partial charge is 0.237 e. The lowest BCUT2D eigenvalue weighted by atomic mass is 10.1. The van der Waals surface area contributed by atoms with Crippen molar-refractivity contribution >= 4 is 0 Å². The van der Waals surface area contributed by atoms with E-state index in [1.165, 1.54) is 6.33 Å². The average molecular weight is 137 g/mol. The van der Waals surface area contributed by atoms with Crippen LogP contribution in [-0.4, -0.2) is 15.2 Å². The Kier molecular flexibility index (Phi) is 1.94. The molecule has 0 aliphatic rings. The molecule has 0 atom stereocenters. The number of hydrogen-bond acceptors (Lipinski definition) is 3. The molecule has 0 bridgehead atoms. The van der Waals surface area contributed by atoms with Gasteiger partial charge in [-0.1, -0.05) is 13.8 Å². The zero-order valence-electron chi connectivity index (χ0n) is 6.50. The quantitative estimate of drug-likeness (QED) is 0.585. The molecule has 0 N–H and O–H groups in total. The van der Waals surface area contributed by atoms with Crippen LogP contribution in [0.2, 0.25) is 0 Å². The predicted molar refractivity (Wildman–Crippen MR) is 38.7 cm³/mol. The Balaban J connectivity index is 3.03. The molecule has 1 aromatic heterocycles. The van der Waals surface area contributed by atoms with Crippen molar-refractivity contribution < 1.29 is 0 Å². The SMILES string of the molecule is Cc1nncnc1C(C)C. The summed E-state index contributed by atoms with van der Waals surface area (Å²) in [5.74, 6) is 0.440. The zero-order chi connectivity index (χ0) is 7.56. The van der Waals surface area contributed by atoms with E-state index in [1.54, 1.807) is 0 Å². The van der Waals surface area contributed by atoms with Crippen molar-refractivity contribution in [2.75, 3.05) is 0 Å². The Labute approximate surface area is 60.5 Å². The topological polar surface area (TPSA) is 38.7 Å². The molecule has 54 valence electrons. The van der Waals surface area contributed by atoms with Crippen molar-refractivity contribution in [1.29, 1.82) is 0 Å². The lowest BCUT2D eigenvalue weighted by molar-refractivity contribution is 0.763. The Morgan fingerprint density at radius 1 is 1.40 bits per heavy atom. The molecule has 0 spiro atoms. The van der Waals surface area contributed by atoms with Crippen LogP contribution in [0.1, 0.15) is 31.2 Å². The third kappa shape index (κ3) is 1.29. The molecular formula is C7H11N3. The minimum atomic E-state index is 0.440. The van der Waals surface area contributed by atoms with Crippen LogP contribution in [0.3, 0.4) is 0 Å². The highest BCUT2D eigenvalue weighted by atomic mass is 15.1. The van der Waals surface area contributed by atoms with Gasteiger partial charge >= 0.3 is 0 Å². The van der Waals surface area contributed by atoms with Crippen LogP contribution in [0.5, 0.6) is 0 Å². The van der Waals surface area contributed by atoms with Gasteiger partial charge in [-0.2, -0.15) is 5.10 Å². The van der Waals surface area contributed by atoms with Crippen LogP contribution in [0.4, 0.5) is 0 Å². The molecule has 0 radical (unpaired) electrons. The molecule has 10 heavy (non-hydrogen) atoms. The minimum Gasteiger partial charge on any atom is -0.237 e. The van der Waals surface area contributed by atoms with Crippen LogP contribution in [0.15, 0.2) is 6.33 Å². The maximum Gasteiger partial charge on any atom is 0.138 e. The lowest BCUT2D eigenvalue weighted by Crippen LogP contribution is -1.99. The summed E-state index contributed by atoms with van der Waals surface area (Å²) < 4.78 is 0. The third-order valence-electron chi connectivity index (χ3n) is 1.37. The van der Waals surface area contributed by atoms with Crippen LogP contribution in [0, 0.1) is 6.92 Å². The number of rotatable bonds is 1. The fourth-order valence-electron chi connectivity index (χ4n) is 0.912. The monoisotopic (exact) mass is 137 g/mol. The first-order valence-corrected chi connectivity index (χ1v) is 3.36. The van der Waals surface area contributed by atoms with Gasteiger partial charge in [-0.3, -0.25) is 0 Å². The van der Waals surface area contributed by atoms with Gasteiger partial charge in [0.15, 0.2) is 0 Å². The van der Waals surface area contributed by atoms with E-state index in [0.717, 1.165) is 11.4 Å². The lowest BCUT2D eigenvalue weighted by Gasteiger charge is -2.03. The molecule has 1 rings (SSSR count). The molecule has 0 aliphatic carbocycles. The number of hydrogen-bond donors (Lipinski definition) is 0. The summed E-state index contributed by atoms with van der Waals surface area (Å²) in [6.07, 6.45) is 1.49. The van der Waals surface area contributed by atoms with Crippen molar-refractivity contribution in [1.82, 2.24) is 15.2 Å². The van der Waals surface area contributed by atoms with E-state index in [0.29, 0.717) is 5.92 Å². The standard InChI is InChI=1S/C7H11N3/c1-5(2)7-6(3)10-9-4-8-7/h4-5H,1-3H3. The van der Waals surface area contributed by atoms with E-state index < -0.39 is 0 Å². The summed E-state index contributed by atoms with van der Waals surface area (Å²) >= 11 is 0. The highest BCUT2D eigenvalue weighted by molar-refractivity contribution is 5.09. The average Bonchev–Trinajstić information content (AvgIpc) is 1.88. The summed E-state index contributed by atoms with van der Waals surface area (Å²) in [6.45, 7) is 6.11. The van der Waals surface area contributed by atoms with E-state index in [4.69, 9.17) is 0 Å². The van der Waals surface area contributed by atoms with Gasteiger partial charge in [0.1, 0.15) is 6.33 Å². The molecule has 0 aliphatic heterocycles. The van der Waals surface area contributed by atoms with E-state index >= 15 is 0 Å². The van der Waals surface area contributed by atoms with Gasteiger partial charge in [0.05, 0.1) is 11.4 Å². The maximum atomic E-state index is 4.10. The zero-order valence-corrected chi connectivity index (χ0v) is 6.50. The van der Waals surface area contributed by atoms with Crippen LogP contribution >= 0.6 is 0 Å². The molecule has 0 saturated heterocycles. The van der Waals surface area contributed by atoms with Crippen LogP contribution in [0.25, 0.3) is 0 Å². The Morgan fingerprint density at radius 2 is 2.10 bits per heavy atom. The van der Waals surface area contributed by atoms with Gasteiger partial charge in [-0.15, -0.1) is 5.10 Å². The fraction of sp³-hybridized carbons (Fsp3) is 0.571. The smallest absolute Gasteiger partial charge is 0.138 e. The van der Waals surface area contributed by atoms with Crippen molar-refractivity contribution in [3.05, 3.63) is 17.7 Å². The number of nitrogens with zero attached hydrogens (tertiary/aromatic N) is 3. The molecule has 3 heteroatoms. The highest BCUT2D eigenvalue weighted by Crippen LogP contribution is 2.11. The minimum absolute atomic E-state index is 0.440. The van der Waals surface area contributed by atoms with Crippen molar-refractivity contribution in [2.24, 2.45) is 0 Å². The normalized spacial score (nSPS) is 10.4. The molecule has 0 saturated carbocycles. The van der Waals surface area contributed by atoms with E-state index in [2.05, 4.69) is 29.0 Å². The van der Waals surface area contributed by atoms with Gasteiger partial charge in [0, 0.05) is 0 Å². The first-order valence-electron chi connectivity index (χ1n) is 3.36. The van der Waals surface area contributed by atoms with Gasteiger partial charge in [-0.25, -0.2) is 4.98 Å². The van der Waals surface area contributed by atoms with Crippen molar-refractivity contribution in [3.63, 3.8) is 0 Å². The maximum absolute atomic E-state index is 4.10.